The Morgan fingerprint density at radius 1 is 1.17 bits per heavy atom. The molecule has 0 bridgehead atoms. The van der Waals surface area contributed by atoms with Gasteiger partial charge in [0.2, 0.25) is 0 Å². The monoisotopic (exact) mass is 256 g/mol. The van der Waals surface area contributed by atoms with Crippen LogP contribution in [0.5, 0.6) is 0 Å². The van der Waals surface area contributed by atoms with Gasteiger partial charge in [0.1, 0.15) is 4.99 Å². The zero-order chi connectivity index (χ0) is 12.8. The molecule has 0 aliphatic carbocycles. The Morgan fingerprint density at radius 3 is 2.67 bits per heavy atom. The first kappa shape index (κ1) is 12.2. The highest BCUT2D eigenvalue weighted by atomic mass is 32.1. The molecule has 0 fully saturated rings. The lowest BCUT2D eigenvalue weighted by Gasteiger charge is -2.00. The fourth-order valence-corrected chi connectivity index (χ4v) is 1.46. The van der Waals surface area contributed by atoms with Crippen molar-refractivity contribution in [3.05, 3.63) is 59.9 Å². The van der Waals surface area contributed by atoms with Crippen molar-refractivity contribution in [1.29, 1.82) is 0 Å². The molecule has 0 aliphatic rings. The molecule has 4 nitrogen and oxygen atoms in total. The first-order valence-corrected chi connectivity index (χ1v) is 5.77. The molecule has 1 aromatic carbocycles. The van der Waals surface area contributed by atoms with Crippen LogP contribution < -0.4 is 11.2 Å². The predicted molar refractivity (Wildman–Crippen MR) is 77.8 cm³/mol. The Kier molecular flexibility index (Phi) is 3.98. The Balaban J connectivity index is 2.05. The van der Waals surface area contributed by atoms with Gasteiger partial charge in [-0.25, -0.2) is 4.98 Å². The number of anilines is 1. The first-order valence-electron chi connectivity index (χ1n) is 5.37. The molecular weight excluding hydrogens is 244 g/mol. The summed E-state index contributed by atoms with van der Waals surface area (Å²) in [4.78, 5) is 4.53. The van der Waals surface area contributed by atoms with Crippen molar-refractivity contribution in [2.45, 2.75) is 0 Å². The molecule has 2 rings (SSSR count). The standard InChI is InChI=1S/C13H12N4S/c14-13(18)12-8-4-7-11(16-12)9-15-17-10-5-2-1-3-6-10/h1-9,17H,(H2,14,18). The van der Waals surface area contributed by atoms with Crippen molar-refractivity contribution < 1.29 is 0 Å². The zero-order valence-corrected chi connectivity index (χ0v) is 10.4. The lowest BCUT2D eigenvalue weighted by molar-refractivity contribution is 1.25. The molecule has 5 heteroatoms. The van der Waals surface area contributed by atoms with Crippen LogP contribution in [0.1, 0.15) is 11.4 Å². The van der Waals surface area contributed by atoms with Gasteiger partial charge >= 0.3 is 0 Å². The lowest BCUT2D eigenvalue weighted by Crippen LogP contribution is -2.12. The molecule has 0 saturated carbocycles. The Morgan fingerprint density at radius 2 is 1.94 bits per heavy atom. The molecule has 0 radical (unpaired) electrons. The molecule has 3 N–H and O–H groups in total. The van der Waals surface area contributed by atoms with E-state index in [0.717, 1.165) is 5.69 Å². The fraction of sp³-hybridized carbons (Fsp3) is 0. The maximum absolute atomic E-state index is 5.51. The van der Waals surface area contributed by atoms with Crippen LogP contribution in [-0.4, -0.2) is 16.2 Å². The Hall–Kier alpha value is -2.27. The Bertz CT molecular complexity index is 566. The smallest absolute Gasteiger partial charge is 0.122 e. The van der Waals surface area contributed by atoms with Crippen molar-refractivity contribution in [1.82, 2.24) is 4.98 Å². The van der Waals surface area contributed by atoms with Crippen molar-refractivity contribution in [2.75, 3.05) is 5.43 Å². The average Bonchev–Trinajstić information content (AvgIpc) is 2.40. The van der Waals surface area contributed by atoms with E-state index in [1.165, 1.54) is 0 Å². The number of rotatable bonds is 4. The SMILES string of the molecule is NC(=S)c1cccc(C=NNc2ccccc2)n1. The predicted octanol–water partition coefficient (Wildman–Crippen LogP) is 2.16. The number of benzene rings is 1. The van der Waals surface area contributed by atoms with Gasteiger partial charge in [0.25, 0.3) is 0 Å². The third kappa shape index (κ3) is 3.36. The van der Waals surface area contributed by atoms with Gasteiger partial charge in [0.05, 0.1) is 23.3 Å². The van der Waals surface area contributed by atoms with Crippen molar-refractivity contribution in [2.24, 2.45) is 10.8 Å². The number of hydrazone groups is 1. The second kappa shape index (κ2) is 5.88. The average molecular weight is 256 g/mol. The normalized spacial score (nSPS) is 10.4. The molecule has 0 unspecified atom stereocenters. The number of para-hydroxylation sites is 1. The van der Waals surface area contributed by atoms with Gasteiger partial charge in [-0.3, -0.25) is 5.43 Å². The second-order valence-electron chi connectivity index (χ2n) is 3.55. The summed E-state index contributed by atoms with van der Waals surface area (Å²) in [5.74, 6) is 0. The van der Waals surface area contributed by atoms with E-state index in [1.54, 1.807) is 12.3 Å². The topological polar surface area (TPSA) is 63.3 Å². The number of nitrogens with one attached hydrogen (secondary N) is 1. The van der Waals surface area contributed by atoms with Crippen molar-refractivity contribution in [3.8, 4) is 0 Å². The molecule has 90 valence electrons. The van der Waals surface area contributed by atoms with Crippen LogP contribution in [0.25, 0.3) is 0 Å². The minimum atomic E-state index is 0.279. The highest BCUT2D eigenvalue weighted by molar-refractivity contribution is 7.80. The first-order chi connectivity index (χ1) is 8.75. The van der Waals surface area contributed by atoms with Crippen LogP contribution in [0, 0.1) is 0 Å². The number of aromatic nitrogens is 1. The molecule has 18 heavy (non-hydrogen) atoms. The Labute approximate surface area is 111 Å². The van der Waals surface area contributed by atoms with Gasteiger partial charge in [0.15, 0.2) is 0 Å². The summed E-state index contributed by atoms with van der Waals surface area (Å²) < 4.78 is 0. The van der Waals surface area contributed by atoms with E-state index >= 15 is 0 Å². The zero-order valence-electron chi connectivity index (χ0n) is 9.58. The van der Waals surface area contributed by atoms with Crippen molar-refractivity contribution in [3.63, 3.8) is 0 Å². The molecule has 1 heterocycles. The lowest BCUT2D eigenvalue weighted by atomic mass is 10.3. The number of nitrogens with two attached hydrogens (primary N) is 1. The molecule has 0 amide bonds. The summed E-state index contributed by atoms with van der Waals surface area (Å²) in [7, 11) is 0. The highest BCUT2D eigenvalue weighted by Gasteiger charge is 1.97. The third-order valence-corrected chi connectivity index (χ3v) is 2.40. The molecule has 0 saturated heterocycles. The van der Waals surface area contributed by atoms with Gasteiger partial charge in [0, 0.05) is 0 Å². The van der Waals surface area contributed by atoms with E-state index in [0.29, 0.717) is 11.4 Å². The van der Waals surface area contributed by atoms with E-state index in [-0.39, 0.29) is 4.99 Å². The van der Waals surface area contributed by atoms with Crippen LogP contribution in [0.4, 0.5) is 5.69 Å². The summed E-state index contributed by atoms with van der Waals surface area (Å²) >= 11 is 4.87. The number of hydrogen-bond acceptors (Lipinski definition) is 4. The summed E-state index contributed by atoms with van der Waals surface area (Å²) in [6.07, 6.45) is 1.62. The summed E-state index contributed by atoms with van der Waals surface area (Å²) in [5.41, 5.74) is 10.6. The number of pyridine rings is 1. The quantitative estimate of drug-likeness (QED) is 0.500. The maximum atomic E-state index is 5.51. The number of hydrogen-bond donors (Lipinski definition) is 2. The van der Waals surface area contributed by atoms with Crippen LogP contribution in [0.15, 0.2) is 53.6 Å². The number of thiocarbonyl (C=S) groups is 1. The molecule has 0 atom stereocenters. The van der Waals surface area contributed by atoms with Gasteiger partial charge in [-0.2, -0.15) is 5.10 Å². The minimum absolute atomic E-state index is 0.279. The van der Waals surface area contributed by atoms with E-state index in [2.05, 4.69) is 15.5 Å². The molecule has 2 aromatic rings. The van der Waals surface area contributed by atoms with Gasteiger partial charge in [-0.05, 0) is 24.3 Å². The van der Waals surface area contributed by atoms with Crippen LogP contribution >= 0.6 is 12.2 Å². The molecular formula is C13H12N4S. The molecule has 0 aliphatic heterocycles. The van der Waals surface area contributed by atoms with Gasteiger partial charge in [-0.15, -0.1) is 0 Å². The maximum Gasteiger partial charge on any atom is 0.122 e. The van der Waals surface area contributed by atoms with E-state index < -0.39 is 0 Å². The highest BCUT2D eigenvalue weighted by Crippen LogP contribution is 2.04. The van der Waals surface area contributed by atoms with Crippen LogP contribution in [0.3, 0.4) is 0 Å². The van der Waals surface area contributed by atoms with Crippen LogP contribution in [0.2, 0.25) is 0 Å². The summed E-state index contributed by atoms with van der Waals surface area (Å²) in [5, 5.41) is 4.09. The fourth-order valence-electron chi connectivity index (χ4n) is 1.35. The van der Waals surface area contributed by atoms with Gasteiger partial charge in [-0.1, -0.05) is 36.5 Å². The van der Waals surface area contributed by atoms with Gasteiger partial charge < -0.3 is 5.73 Å². The van der Waals surface area contributed by atoms with Crippen molar-refractivity contribution >= 4 is 29.1 Å². The molecule has 0 spiro atoms. The van der Waals surface area contributed by atoms with E-state index in [4.69, 9.17) is 18.0 Å². The largest absolute Gasteiger partial charge is 0.388 e. The summed E-state index contributed by atoms with van der Waals surface area (Å²) in [6, 6.07) is 15.1. The number of nitrogens with zero attached hydrogens (tertiary/aromatic N) is 2. The van der Waals surface area contributed by atoms with Crippen LogP contribution in [-0.2, 0) is 0 Å². The second-order valence-corrected chi connectivity index (χ2v) is 3.99. The molecule has 1 aromatic heterocycles. The van der Waals surface area contributed by atoms with E-state index in [1.807, 2.05) is 42.5 Å². The summed E-state index contributed by atoms with van der Waals surface area (Å²) in [6.45, 7) is 0. The minimum Gasteiger partial charge on any atom is -0.388 e. The van der Waals surface area contributed by atoms with E-state index in [9.17, 15) is 0 Å². The third-order valence-electron chi connectivity index (χ3n) is 2.19.